The molecule has 1 aromatic rings. The highest BCUT2D eigenvalue weighted by atomic mass is 35.5. The summed E-state index contributed by atoms with van der Waals surface area (Å²) in [6.07, 6.45) is 0. The Bertz CT molecular complexity index is 381. The van der Waals surface area contributed by atoms with Crippen molar-refractivity contribution in [2.75, 3.05) is 11.7 Å². The molecular weight excluding hydrogens is 223 g/mol. The Morgan fingerprint density at radius 3 is 2.79 bits per heavy atom. The van der Waals surface area contributed by atoms with Crippen molar-refractivity contribution in [3.8, 4) is 0 Å². The molecule has 0 unspecified atom stereocenters. The minimum atomic E-state index is 0.528. The van der Waals surface area contributed by atoms with Gasteiger partial charge in [0.25, 0.3) is 0 Å². The highest BCUT2D eigenvalue weighted by molar-refractivity contribution is 6.36. The predicted molar refractivity (Wildman–Crippen MR) is 57.2 cm³/mol. The first-order chi connectivity index (χ1) is 6.66. The largest absolute Gasteiger partial charge is 0.368 e. The van der Waals surface area contributed by atoms with Crippen LogP contribution in [0.25, 0.3) is 0 Å². The zero-order valence-electron chi connectivity index (χ0n) is 7.26. The normalized spacial score (nSPS) is 15.9. The molecule has 1 aromatic carbocycles. The van der Waals surface area contributed by atoms with E-state index in [0.717, 1.165) is 5.69 Å². The lowest BCUT2D eigenvalue weighted by Crippen LogP contribution is -2.29. The van der Waals surface area contributed by atoms with E-state index in [9.17, 15) is 0 Å². The van der Waals surface area contributed by atoms with Gasteiger partial charge in [-0.15, -0.1) is 5.17 Å². The first-order valence-electron chi connectivity index (χ1n) is 4.01. The van der Waals surface area contributed by atoms with Crippen LogP contribution in [-0.4, -0.2) is 6.54 Å². The molecule has 0 aliphatic carbocycles. The number of halogens is 2. The smallest absolute Gasteiger partial charge is 0.142 e. The fourth-order valence-corrected chi connectivity index (χ4v) is 1.62. The molecule has 0 amide bonds. The van der Waals surface area contributed by atoms with E-state index < -0.39 is 0 Å². The summed E-state index contributed by atoms with van der Waals surface area (Å²) < 4.78 is 0. The molecule has 74 valence electrons. The Labute approximate surface area is 91.8 Å². The standard InChI is InChI=1S/C9H8Cl2N2O/c1-6-5-12-13(14-6)9-3-2-7(10)4-8(9)11/h2-4,12H,1,5H2. The first kappa shape index (κ1) is 9.65. The average Bonchev–Trinajstić information content (AvgIpc) is 2.51. The van der Waals surface area contributed by atoms with Crippen molar-refractivity contribution in [3.63, 3.8) is 0 Å². The van der Waals surface area contributed by atoms with Gasteiger partial charge in [0.05, 0.1) is 11.6 Å². The van der Waals surface area contributed by atoms with Crippen molar-refractivity contribution >= 4 is 28.9 Å². The van der Waals surface area contributed by atoms with Crippen molar-refractivity contribution < 1.29 is 4.84 Å². The molecule has 14 heavy (non-hydrogen) atoms. The van der Waals surface area contributed by atoms with Crippen molar-refractivity contribution in [1.29, 1.82) is 0 Å². The van der Waals surface area contributed by atoms with Gasteiger partial charge in [-0.05, 0) is 18.2 Å². The second kappa shape index (κ2) is 3.69. The van der Waals surface area contributed by atoms with Crippen LogP contribution in [0, 0.1) is 0 Å². The Morgan fingerprint density at radius 1 is 1.43 bits per heavy atom. The van der Waals surface area contributed by atoms with Gasteiger partial charge in [-0.3, -0.25) is 0 Å². The molecule has 0 radical (unpaired) electrons. The molecular formula is C9H8Cl2N2O. The summed E-state index contributed by atoms with van der Waals surface area (Å²) in [5, 5.41) is 2.59. The SMILES string of the molecule is C=C1CNN(c2ccc(Cl)cc2Cl)O1. The fourth-order valence-electron chi connectivity index (χ4n) is 1.13. The zero-order chi connectivity index (χ0) is 10.1. The summed E-state index contributed by atoms with van der Waals surface area (Å²) in [6.45, 7) is 4.26. The molecule has 1 fully saturated rings. The maximum absolute atomic E-state index is 5.98. The van der Waals surface area contributed by atoms with Gasteiger partial charge in [0.15, 0.2) is 0 Å². The van der Waals surface area contributed by atoms with Gasteiger partial charge in [0.1, 0.15) is 11.4 Å². The second-order valence-corrected chi connectivity index (χ2v) is 3.70. The molecule has 0 spiro atoms. The monoisotopic (exact) mass is 230 g/mol. The number of benzene rings is 1. The molecule has 0 saturated carbocycles. The highest BCUT2D eigenvalue weighted by Gasteiger charge is 2.19. The third-order valence-corrected chi connectivity index (χ3v) is 2.31. The first-order valence-corrected chi connectivity index (χ1v) is 4.77. The van der Waals surface area contributed by atoms with Crippen LogP contribution in [0.15, 0.2) is 30.5 Å². The van der Waals surface area contributed by atoms with Gasteiger partial charge in [-0.1, -0.05) is 29.8 Å². The van der Waals surface area contributed by atoms with Crippen molar-refractivity contribution in [2.24, 2.45) is 0 Å². The average molecular weight is 231 g/mol. The lowest BCUT2D eigenvalue weighted by Gasteiger charge is -2.16. The molecule has 0 bridgehead atoms. The van der Waals surface area contributed by atoms with Gasteiger partial charge in [-0.2, -0.15) is 5.43 Å². The zero-order valence-corrected chi connectivity index (χ0v) is 8.77. The fraction of sp³-hybridized carbons (Fsp3) is 0.111. The van der Waals surface area contributed by atoms with Crippen LogP contribution in [0.4, 0.5) is 5.69 Å². The molecule has 1 heterocycles. The molecule has 5 heteroatoms. The van der Waals surface area contributed by atoms with Crippen LogP contribution in [0.3, 0.4) is 0 Å². The summed E-state index contributed by atoms with van der Waals surface area (Å²) in [4.78, 5) is 5.27. The lowest BCUT2D eigenvalue weighted by molar-refractivity contribution is 0.213. The second-order valence-electron chi connectivity index (χ2n) is 2.85. The Hall–Kier alpha value is -0.900. The summed E-state index contributed by atoms with van der Waals surface area (Å²) >= 11 is 11.8. The lowest BCUT2D eigenvalue weighted by atomic mass is 10.3. The highest BCUT2D eigenvalue weighted by Crippen LogP contribution is 2.29. The third kappa shape index (κ3) is 1.80. The Morgan fingerprint density at radius 2 is 2.21 bits per heavy atom. The number of anilines is 1. The van der Waals surface area contributed by atoms with Gasteiger partial charge in [0.2, 0.25) is 0 Å². The Kier molecular flexibility index (Phi) is 2.54. The predicted octanol–water partition coefficient (Wildman–Crippen LogP) is 2.76. The molecule has 1 saturated heterocycles. The van der Waals surface area contributed by atoms with Gasteiger partial charge < -0.3 is 4.84 Å². The third-order valence-electron chi connectivity index (χ3n) is 1.77. The molecule has 1 aliphatic rings. The summed E-state index contributed by atoms with van der Waals surface area (Å²) in [7, 11) is 0. The minimum absolute atomic E-state index is 0.528. The molecule has 3 nitrogen and oxygen atoms in total. The van der Waals surface area contributed by atoms with E-state index in [1.807, 2.05) is 0 Å². The van der Waals surface area contributed by atoms with Crippen LogP contribution >= 0.6 is 23.2 Å². The van der Waals surface area contributed by atoms with Crippen LogP contribution in [0.2, 0.25) is 10.0 Å². The van der Waals surface area contributed by atoms with E-state index in [4.69, 9.17) is 28.0 Å². The van der Waals surface area contributed by atoms with Crippen LogP contribution in [0.1, 0.15) is 0 Å². The number of hydrogen-bond donors (Lipinski definition) is 1. The number of hydrazine groups is 1. The molecule has 1 aliphatic heterocycles. The number of rotatable bonds is 1. The molecule has 2 rings (SSSR count). The summed E-state index contributed by atoms with van der Waals surface area (Å²) in [6, 6.07) is 5.18. The van der Waals surface area contributed by atoms with E-state index in [1.165, 1.54) is 5.17 Å². The van der Waals surface area contributed by atoms with Crippen LogP contribution < -0.4 is 10.6 Å². The molecule has 0 aromatic heterocycles. The minimum Gasteiger partial charge on any atom is -0.368 e. The molecule has 1 N–H and O–H groups in total. The summed E-state index contributed by atoms with van der Waals surface area (Å²) in [5.74, 6) is 0.649. The maximum atomic E-state index is 5.98. The van der Waals surface area contributed by atoms with E-state index >= 15 is 0 Å². The number of nitrogens with one attached hydrogen (secondary N) is 1. The quantitative estimate of drug-likeness (QED) is 0.804. The van der Waals surface area contributed by atoms with E-state index in [-0.39, 0.29) is 0 Å². The maximum Gasteiger partial charge on any atom is 0.142 e. The summed E-state index contributed by atoms with van der Waals surface area (Å²) in [5.41, 5.74) is 3.68. The van der Waals surface area contributed by atoms with Gasteiger partial charge in [-0.25, -0.2) is 0 Å². The number of nitrogens with zero attached hydrogens (tertiary/aromatic N) is 1. The van der Waals surface area contributed by atoms with Crippen molar-refractivity contribution in [2.45, 2.75) is 0 Å². The number of hydrogen-bond acceptors (Lipinski definition) is 3. The van der Waals surface area contributed by atoms with Crippen molar-refractivity contribution in [1.82, 2.24) is 5.43 Å². The van der Waals surface area contributed by atoms with E-state index in [0.29, 0.717) is 22.3 Å². The van der Waals surface area contributed by atoms with E-state index in [2.05, 4.69) is 12.0 Å². The topological polar surface area (TPSA) is 24.5 Å². The van der Waals surface area contributed by atoms with Crippen LogP contribution in [0.5, 0.6) is 0 Å². The molecule has 0 atom stereocenters. The van der Waals surface area contributed by atoms with Crippen molar-refractivity contribution in [3.05, 3.63) is 40.6 Å². The van der Waals surface area contributed by atoms with Crippen LogP contribution in [-0.2, 0) is 4.84 Å². The Balaban J connectivity index is 2.28. The van der Waals surface area contributed by atoms with E-state index in [1.54, 1.807) is 18.2 Å². The van der Waals surface area contributed by atoms with Gasteiger partial charge >= 0.3 is 0 Å². The van der Waals surface area contributed by atoms with Gasteiger partial charge in [0, 0.05) is 5.02 Å².